The van der Waals surface area contributed by atoms with Gasteiger partial charge in [-0.05, 0) is 27.7 Å². The zero-order valence-electron chi connectivity index (χ0n) is 9.99. The van der Waals surface area contributed by atoms with Crippen molar-refractivity contribution < 1.29 is 19.1 Å². The standard InChI is InChI=1S/C10H19NO4/c1-6-11(7-8(12)14-5)9(13)15-10(2,3)4/h6-7H2,1-5H3. The predicted molar refractivity (Wildman–Crippen MR) is 55.5 cm³/mol. The van der Waals surface area contributed by atoms with E-state index in [0.29, 0.717) is 6.54 Å². The Labute approximate surface area is 90.3 Å². The quantitative estimate of drug-likeness (QED) is 0.671. The van der Waals surface area contributed by atoms with Crippen LogP contribution in [0.25, 0.3) is 0 Å². The first kappa shape index (κ1) is 13.7. The molecule has 15 heavy (non-hydrogen) atoms. The van der Waals surface area contributed by atoms with Crippen LogP contribution in [0, 0.1) is 0 Å². The summed E-state index contributed by atoms with van der Waals surface area (Å²) in [6.07, 6.45) is -0.504. The van der Waals surface area contributed by atoms with E-state index >= 15 is 0 Å². The molecule has 5 nitrogen and oxygen atoms in total. The van der Waals surface area contributed by atoms with Crippen molar-refractivity contribution in [1.29, 1.82) is 0 Å². The third-order valence-electron chi connectivity index (χ3n) is 1.58. The highest BCUT2D eigenvalue weighted by Gasteiger charge is 2.22. The first-order valence-electron chi connectivity index (χ1n) is 4.85. The molecule has 0 spiro atoms. The Morgan fingerprint density at radius 3 is 2.13 bits per heavy atom. The van der Waals surface area contributed by atoms with Crippen molar-refractivity contribution in [3.8, 4) is 0 Å². The highest BCUT2D eigenvalue weighted by atomic mass is 16.6. The fourth-order valence-corrected chi connectivity index (χ4v) is 0.852. The SMILES string of the molecule is CCN(CC(=O)OC)C(=O)OC(C)(C)C. The first-order valence-corrected chi connectivity index (χ1v) is 4.85. The minimum Gasteiger partial charge on any atom is -0.468 e. The van der Waals surface area contributed by atoms with Crippen LogP contribution in [-0.4, -0.2) is 42.8 Å². The zero-order valence-corrected chi connectivity index (χ0v) is 9.99. The van der Waals surface area contributed by atoms with Crippen LogP contribution in [0.5, 0.6) is 0 Å². The maximum Gasteiger partial charge on any atom is 0.410 e. The number of ether oxygens (including phenoxy) is 2. The van der Waals surface area contributed by atoms with Gasteiger partial charge in [0.05, 0.1) is 7.11 Å². The molecule has 0 saturated carbocycles. The van der Waals surface area contributed by atoms with E-state index in [2.05, 4.69) is 4.74 Å². The van der Waals surface area contributed by atoms with E-state index < -0.39 is 17.7 Å². The molecule has 0 aromatic carbocycles. The number of esters is 1. The third kappa shape index (κ3) is 5.93. The summed E-state index contributed by atoms with van der Waals surface area (Å²) in [5.41, 5.74) is -0.555. The van der Waals surface area contributed by atoms with Crippen LogP contribution in [-0.2, 0) is 14.3 Å². The Kier molecular flexibility index (Phi) is 5.11. The molecule has 0 fully saturated rings. The van der Waals surface area contributed by atoms with E-state index in [1.807, 2.05) is 0 Å². The minimum absolute atomic E-state index is 0.0814. The van der Waals surface area contributed by atoms with Crippen LogP contribution in [0.1, 0.15) is 27.7 Å². The molecule has 5 heteroatoms. The third-order valence-corrected chi connectivity index (χ3v) is 1.58. The summed E-state index contributed by atoms with van der Waals surface area (Å²) >= 11 is 0. The monoisotopic (exact) mass is 217 g/mol. The van der Waals surface area contributed by atoms with Crippen molar-refractivity contribution in [2.75, 3.05) is 20.2 Å². The number of nitrogens with zero attached hydrogens (tertiary/aromatic N) is 1. The fourth-order valence-electron chi connectivity index (χ4n) is 0.852. The Balaban J connectivity index is 4.29. The molecule has 0 aromatic rings. The Bertz CT molecular complexity index is 232. The van der Waals surface area contributed by atoms with Crippen LogP contribution in [0.3, 0.4) is 0 Å². The number of hydrogen-bond acceptors (Lipinski definition) is 4. The van der Waals surface area contributed by atoms with Crippen LogP contribution < -0.4 is 0 Å². The van der Waals surface area contributed by atoms with E-state index in [1.54, 1.807) is 27.7 Å². The highest BCUT2D eigenvalue weighted by Crippen LogP contribution is 2.09. The number of likely N-dealkylation sites (N-methyl/N-ethyl adjacent to an activating group) is 1. The van der Waals surface area contributed by atoms with Gasteiger partial charge in [0, 0.05) is 6.54 Å². The van der Waals surface area contributed by atoms with Gasteiger partial charge in [-0.3, -0.25) is 9.69 Å². The van der Waals surface area contributed by atoms with Gasteiger partial charge in [-0.25, -0.2) is 4.79 Å². The molecule has 0 radical (unpaired) electrons. The average molecular weight is 217 g/mol. The van der Waals surface area contributed by atoms with Gasteiger partial charge in [-0.15, -0.1) is 0 Å². The lowest BCUT2D eigenvalue weighted by Crippen LogP contribution is -2.39. The Morgan fingerprint density at radius 2 is 1.80 bits per heavy atom. The molecule has 0 aliphatic heterocycles. The van der Waals surface area contributed by atoms with E-state index in [9.17, 15) is 9.59 Å². The maximum absolute atomic E-state index is 11.5. The lowest BCUT2D eigenvalue weighted by atomic mass is 10.2. The molecule has 0 saturated heterocycles. The smallest absolute Gasteiger partial charge is 0.410 e. The van der Waals surface area contributed by atoms with Crippen LogP contribution in [0.4, 0.5) is 4.79 Å². The number of rotatable bonds is 3. The van der Waals surface area contributed by atoms with Gasteiger partial charge in [-0.1, -0.05) is 0 Å². The number of carbonyl (C=O) groups excluding carboxylic acids is 2. The molecule has 88 valence electrons. The minimum atomic E-state index is -0.555. The molecular formula is C10H19NO4. The molecule has 0 rings (SSSR count). The van der Waals surface area contributed by atoms with Gasteiger partial charge in [0.2, 0.25) is 0 Å². The summed E-state index contributed by atoms with van der Waals surface area (Å²) in [7, 11) is 1.28. The molecule has 0 heterocycles. The van der Waals surface area contributed by atoms with Gasteiger partial charge in [0.15, 0.2) is 0 Å². The second-order valence-electron chi connectivity index (χ2n) is 4.07. The van der Waals surface area contributed by atoms with Gasteiger partial charge < -0.3 is 9.47 Å². The highest BCUT2D eigenvalue weighted by molar-refractivity contribution is 5.78. The van der Waals surface area contributed by atoms with Crippen molar-refractivity contribution in [3.05, 3.63) is 0 Å². The first-order chi connectivity index (χ1) is 6.80. The number of hydrogen-bond donors (Lipinski definition) is 0. The molecule has 0 unspecified atom stereocenters. The summed E-state index contributed by atoms with van der Waals surface area (Å²) in [4.78, 5) is 23.8. The molecule has 0 aromatic heterocycles. The van der Waals surface area contributed by atoms with Crippen molar-refractivity contribution in [2.24, 2.45) is 0 Å². The lowest BCUT2D eigenvalue weighted by Gasteiger charge is -2.25. The van der Waals surface area contributed by atoms with Crippen molar-refractivity contribution in [1.82, 2.24) is 4.90 Å². The van der Waals surface area contributed by atoms with E-state index in [0.717, 1.165) is 0 Å². The summed E-state index contributed by atoms with van der Waals surface area (Å²) in [5.74, 6) is -0.456. The molecular weight excluding hydrogens is 198 g/mol. The van der Waals surface area contributed by atoms with E-state index in [1.165, 1.54) is 12.0 Å². The summed E-state index contributed by atoms with van der Waals surface area (Å²) in [6, 6.07) is 0. The van der Waals surface area contributed by atoms with Crippen molar-refractivity contribution >= 4 is 12.1 Å². The van der Waals surface area contributed by atoms with Crippen LogP contribution >= 0.6 is 0 Å². The van der Waals surface area contributed by atoms with E-state index in [-0.39, 0.29) is 6.54 Å². The van der Waals surface area contributed by atoms with Crippen LogP contribution in [0.2, 0.25) is 0 Å². The Morgan fingerprint density at radius 1 is 1.27 bits per heavy atom. The lowest BCUT2D eigenvalue weighted by molar-refractivity contribution is -0.141. The molecule has 0 N–H and O–H groups in total. The van der Waals surface area contributed by atoms with Gasteiger partial charge in [0.25, 0.3) is 0 Å². The number of methoxy groups -OCH3 is 1. The second kappa shape index (κ2) is 5.58. The summed E-state index contributed by atoms with van der Waals surface area (Å²) in [5, 5.41) is 0. The van der Waals surface area contributed by atoms with Gasteiger partial charge in [0.1, 0.15) is 12.1 Å². The Hall–Kier alpha value is -1.26. The van der Waals surface area contributed by atoms with E-state index in [4.69, 9.17) is 4.74 Å². The largest absolute Gasteiger partial charge is 0.468 e. The number of amides is 1. The summed E-state index contributed by atoms with van der Waals surface area (Å²) in [6.45, 7) is 7.42. The average Bonchev–Trinajstić information content (AvgIpc) is 2.10. The molecule has 0 aliphatic carbocycles. The fraction of sp³-hybridized carbons (Fsp3) is 0.800. The molecule has 1 amide bonds. The van der Waals surface area contributed by atoms with Crippen molar-refractivity contribution in [2.45, 2.75) is 33.3 Å². The maximum atomic E-state index is 11.5. The van der Waals surface area contributed by atoms with Gasteiger partial charge >= 0.3 is 12.1 Å². The second-order valence-corrected chi connectivity index (χ2v) is 4.07. The van der Waals surface area contributed by atoms with Crippen molar-refractivity contribution in [3.63, 3.8) is 0 Å². The summed E-state index contributed by atoms with van der Waals surface area (Å²) < 4.78 is 9.59. The zero-order chi connectivity index (χ0) is 12.1. The predicted octanol–water partition coefficient (Wildman–Crippen LogP) is 1.42. The normalized spacial score (nSPS) is 10.7. The van der Waals surface area contributed by atoms with Crippen LogP contribution in [0.15, 0.2) is 0 Å². The molecule has 0 aliphatic rings. The van der Waals surface area contributed by atoms with Gasteiger partial charge in [-0.2, -0.15) is 0 Å². The number of carbonyl (C=O) groups is 2. The topological polar surface area (TPSA) is 55.8 Å². The molecule has 0 bridgehead atoms. The molecule has 0 atom stereocenters.